The zero-order chi connectivity index (χ0) is 12.5. The van der Waals surface area contributed by atoms with Gasteiger partial charge in [0, 0.05) is 25.5 Å². The maximum atomic E-state index is 11.9. The Kier molecular flexibility index (Phi) is 2.36. The summed E-state index contributed by atoms with van der Waals surface area (Å²) >= 11 is 0. The van der Waals surface area contributed by atoms with Crippen LogP contribution in [0.25, 0.3) is 0 Å². The van der Waals surface area contributed by atoms with Crippen LogP contribution in [0.15, 0.2) is 36.0 Å². The molecule has 0 N–H and O–H groups in total. The van der Waals surface area contributed by atoms with E-state index in [2.05, 4.69) is 20.2 Å². The molecule has 0 aliphatic carbocycles. The normalized spacial score (nSPS) is 15.1. The summed E-state index contributed by atoms with van der Waals surface area (Å²) in [4.78, 5) is 19.7. The van der Waals surface area contributed by atoms with Gasteiger partial charge in [0.05, 0.1) is 17.8 Å². The summed E-state index contributed by atoms with van der Waals surface area (Å²) in [5.74, 6) is 0.372. The zero-order valence-corrected chi connectivity index (χ0v) is 9.69. The first kappa shape index (κ1) is 10.6. The highest BCUT2D eigenvalue weighted by molar-refractivity contribution is 6.18. The van der Waals surface area contributed by atoms with E-state index in [4.69, 9.17) is 0 Å². The van der Waals surface area contributed by atoms with Gasteiger partial charge in [-0.1, -0.05) is 0 Å². The summed E-state index contributed by atoms with van der Waals surface area (Å²) in [6, 6.07) is 3.48. The fourth-order valence-corrected chi connectivity index (χ4v) is 1.82. The number of amides is 1. The van der Waals surface area contributed by atoms with Crippen molar-refractivity contribution in [3.8, 4) is 0 Å². The Morgan fingerprint density at radius 1 is 1.28 bits per heavy atom. The minimum absolute atomic E-state index is 0.107. The van der Waals surface area contributed by atoms with Crippen LogP contribution in [0.1, 0.15) is 12.1 Å². The average molecular weight is 242 g/mol. The van der Waals surface area contributed by atoms with Gasteiger partial charge in [-0.25, -0.2) is 9.97 Å². The van der Waals surface area contributed by atoms with Crippen molar-refractivity contribution in [1.29, 1.82) is 0 Å². The molecule has 18 heavy (non-hydrogen) atoms. The molecule has 1 amide bonds. The number of hydrogen-bond acceptors (Lipinski definition) is 5. The van der Waals surface area contributed by atoms with E-state index in [0.29, 0.717) is 11.5 Å². The summed E-state index contributed by atoms with van der Waals surface area (Å²) in [5, 5.41) is 9.65. The van der Waals surface area contributed by atoms with Crippen molar-refractivity contribution in [3.63, 3.8) is 0 Å². The molecule has 3 rings (SSSR count). The summed E-state index contributed by atoms with van der Waals surface area (Å²) in [6.07, 6.45) is 4.90. The molecule has 0 saturated heterocycles. The molecule has 3 heterocycles. The number of anilines is 1. The predicted molar refractivity (Wildman–Crippen MR) is 63.9 cm³/mol. The highest BCUT2D eigenvalue weighted by Crippen LogP contribution is 2.19. The molecule has 0 bridgehead atoms. The van der Waals surface area contributed by atoms with Gasteiger partial charge >= 0.3 is 0 Å². The third-order valence-electron chi connectivity index (χ3n) is 2.68. The lowest BCUT2D eigenvalue weighted by Crippen LogP contribution is -2.20. The fraction of sp³-hybridized carbons (Fsp3) is 0.182. The van der Waals surface area contributed by atoms with Gasteiger partial charge in [0.1, 0.15) is 6.33 Å². The van der Waals surface area contributed by atoms with E-state index < -0.39 is 0 Å². The maximum absolute atomic E-state index is 11.9. The van der Waals surface area contributed by atoms with Gasteiger partial charge in [-0.15, -0.1) is 0 Å². The van der Waals surface area contributed by atoms with Crippen LogP contribution in [0, 0.1) is 0 Å². The van der Waals surface area contributed by atoms with Crippen molar-refractivity contribution in [2.75, 3.05) is 5.01 Å². The Morgan fingerprint density at radius 2 is 2.17 bits per heavy atom. The maximum Gasteiger partial charge on any atom is 0.255 e. The number of carbonyl (C=O) groups is 1. The van der Waals surface area contributed by atoms with Gasteiger partial charge in [0.25, 0.3) is 5.91 Å². The summed E-state index contributed by atoms with van der Waals surface area (Å²) in [7, 11) is 1.82. The summed E-state index contributed by atoms with van der Waals surface area (Å²) in [5.41, 5.74) is 1.53. The molecule has 0 atom stereocenters. The fourth-order valence-electron chi connectivity index (χ4n) is 1.82. The Labute approximate surface area is 103 Å². The molecule has 1 aliphatic heterocycles. The lowest BCUT2D eigenvalue weighted by atomic mass is 10.2. The number of rotatable bonds is 2. The van der Waals surface area contributed by atoms with Gasteiger partial charge in [-0.05, 0) is 6.07 Å². The van der Waals surface area contributed by atoms with Crippen molar-refractivity contribution >= 4 is 17.4 Å². The number of hydrazone groups is 1. The first-order valence-corrected chi connectivity index (χ1v) is 5.40. The molecule has 0 unspecified atom stereocenters. The van der Waals surface area contributed by atoms with E-state index in [-0.39, 0.29) is 12.3 Å². The van der Waals surface area contributed by atoms with Crippen LogP contribution in [-0.4, -0.2) is 31.4 Å². The van der Waals surface area contributed by atoms with Crippen molar-refractivity contribution in [1.82, 2.24) is 19.7 Å². The molecule has 7 nitrogen and oxygen atoms in total. The number of aryl methyl sites for hydroxylation is 1. The van der Waals surface area contributed by atoms with Crippen LogP contribution >= 0.6 is 0 Å². The molecule has 2 aromatic heterocycles. The van der Waals surface area contributed by atoms with E-state index >= 15 is 0 Å². The molecule has 0 fully saturated rings. The van der Waals surface area contributed by atoms with Crippen molar-refractivity contribution in [3.05, 3.63) is 36.5 Å². The molecule has 0 spiro atoms. The number of aromatic nitrogens is 4. The van der Waals surface area contributed by atoms with Crippen LogP contribution in [0.2, 0.25) is 0 Å². The quantitative estimate of drug-likeness (QED) is 0.761. The van der Waals surface area contributed by atoms with Gasteiger partial charge in [0.15, 0.2) is 5.82 Å². The third-order valence-corrected chi connectivity index (χ3v) is 2.68. The molecule has 7 heteroatoms. The topological polar surface area (TPSA) is 76.3 Å². The number of hydrogen-bond donors (Lipinski definition) is 0. The van der Waals surface area contributed by atoms with E-state index in [1.54, 1.807) is 23.1 Å². The van der Waals surface area contributed by atoms with Gasteiger partial charge in [-0.3, -0.25) is 9.48 Å². The molecule has 90 valence electrons. The first-order chi connectivity index (χ1) is 8.75. The molecule has 2 aromatic rings. The van der Waals surface area contributed by atoms with Gasteiger partial charge < -0.3 is 0 Å². The van der Waals surface area contributed by atoms with Gasteiger partial charge in [0.2, 0.25) is 0 Å². The largest absolute Gasteiger partial charge is 0.272 e. The average Bonchev–Trinajstić information content (AvgIpc) is 2.96. The van der Waals surface area contributed by atoms with Crippen molar-refractivity contribution in [2.45, 2.75) is 6.42 Å². The molecular weight excluding hydrogens is 232 g/mol. The third kappa shape index (κ3) is 1.65. The van der Waals surface area contributed by atoms with E-state index in [9.17, 15) is 4.79 Å². The molecule has 0 aromatic carbocycles. The predicted octanol–water partition coefficient (Wildman–Crippen LogP) is 0.351. The second kappa shape index (κ2) is 4.02. The van der Waals surface area contributed by atoms with Crippen LogP contribution in [0.5, 0.6) is 0 Å². The Morgan fingerprint density at radius 3 is 2.83 bits per heavy atom. The van der Waals surface area contributed by atoms with Crippen molar-refractivity contribution in [2.24, 2.45) is 12.1 Å². The highest BCUT2D eigenvalue weighted by Gasteiger charge is 2.28. The molecular formula is C11H10N6O. The Hall–Kier alpha value is -2.57. The Bertz CT molecular complexity index is 617. The smallest absolute Gasteiger partial charge is 0.255 e. The standard InChI is InChI=1S/C11H10N6O/c1-16-9(2-5-14-16)8-6-11(18)17(15-8)10-3-4-12-7-13-10/h2-5,7H,6H2,1H3. The van der Waals surface area contributed by atoms with Crippen LogP contribution < -0.4 is 5.01 Å². The summed E-state index contributed by atoms with van der Waals surface area (Å²) < 4.78 is 1.69. The molecule has 0 radical (unpaired) electrons. The van der Waals surface area contributed by atoms with E-state index in [1.165, 1.54) is 11.3 Å². The van der Waals surface area contributed by atoms with Gasteiger partial charge in [-0.2, -0.15) is 15.2 Å². The lowest BCUT2D eigenvalue weighted by Gasteiger charge is -2.08. The van der Waals surface area contributed by atoms with Crippen LogP contribution in [-0.2, 0) is 11.8 Å². The first-order valence-electron chi connectivity index (χ1n) is 5.40. The second-order valence-corrected chi connectivity index (χ2v) is 3.84. The number of carbonyl (C=O) groups excluding carboxylic acids is 1. The minimum atomic E-state index is -0.107. The minimum Gasteiger partial charge on any atom is -0.272 e. The lowest BCUT2D eigenvalue weighted by molar-refractivity contribution is -0.116. The van der Waals surface area contributed by atoms with E-state index in [1.807, 2.05) is 13.1 Å². The SMILES string of the molecule is Cn1nccc1C1=NN(c2ccncn2)C(=O)C1. The van der Waals surface area contributed by atoms with Crippen LogP contribution in [0.3, 0.4) is 0 Å². The molecule has 0 saturated carbocycles. The van der Waals surface area contributed by atoms with Crippen molar-refractivity contribution < 1.29 is 4.79 Å². The van der Waals surface area contributed by atoms with Crippen LogP contribution in [0.4, 0.5) is 5.82 Å². The monoisotopic (exact) mass is 242 g/mol. The molecule has 1 aliphatic rings. The summed E-state index contributed by atoms with van der Waals surface area (Å²) in [6.45, 7) is 0. The number of nitrogens with zero attached hydrogens (tertiary/aromatic N) is 6. The van der Waals surface area contributed by atoms with E-state index in [0.717, 1.165) is 5.69 Å². The Balaban J connectivity index is 1.97. The zero-order valence-electron chi connectivity index (χ0n) is 9.69. The highest BCUT2D eigenvalue weighted by atomic mass is 16.2. The second-order valence-electron chi connectivity index (χ2n) is 3.84.